The lowest BCUT2D eigenvalue weighted by molar-refractivity contribution is 0.201. The van der Waals surface area contributed by atoms with E-state index >= 15 is 0 Å². The van der Waals surface area contributed by atoms with E-state index in [1.54, 1.807) is 7.11 Å². The van der Waals surface area contributed by atoms with Crippen molar-refractivity contribution in [3.63, 3.8) is 0 Å². The summed E-state index contributed by atoms with van der Waals surface area (Å²) >= 11 is 0. The molecule has 0 aliphatic heterocycles. The maximum Gasteiger partial charge on any atom is 0.334 e. The van der Waals surface area contributed by atoms with Crippen LogP contribution < -0.4 is 0 Å². The Morgan fingerprint density at radius 2 is 1.83 bits per heavy atom. The van der Waals surface area contributed by atoms with Gasteiger partial charge in [0.15, 0.2) is 0 Å². The Bertz CT molecular complexity index is 109. The van der Waals surface area contributed by atoms with Crippen LogP contribution in [0, 0.1) is 0 Å². The van der Waals surface area contributed by atoms with Gasteiger partial charge in [0.05, 0.1) is 0 Å². The summed E-state index contributed by atoms with van der Waals surface area (Å²) in [5.41, 5.74) is 0. The molecule has 0 radical (unpaired) electrons. The van der Waals surface area contributed by atoms with Gasteiger partial charge in [-0.3, -0.25) is 0 Å². The van der Waals surface area contributed by atoms with Crippen LogP contribution in [-0.4, -0.2) is 22.3 Å². The van der Waals surface area contributed by atoms with E-state index in [0.717, 1.165) is 25.5 Å². The minimum atomic E-state index is -1.76. The summed E-state index contributed by atoms with van der Waals surface area (Å²) in [7, 11) is 0.0110. The molecule has 0 N–H and O–H groups in total. The highest BCUT2D eigenvalue weighted by molar-refractivity contribution is 6.65. The van der Waals surface area contributed by atoms with E-state index in [9.17, 15) is 0 Å². The summed E-state index contributed by atoms with van der Waals surface area (Å²) in [5, 5.41) is 0. The summed E-state index contributed by atoms with van der Waals surface area (Å²) in [4.78, 5) is 0. The van der Waals surface area contributed by atoms with Gasteiger partial charge in [-0.05, 0) is 19.0 Å². The first-order chi connectivity index (χ1) is 5.68. The summed E-state index contributed by atoms with van der Waals surface area (Å²) in [6, 6.07) is 1.10. The van der Waals surface area contributed by atoms with Gasteiger partial charge in [0.1, 0.15) is 0 Å². The lowest BCUT2D eigenvalue weighted by Crippen LogP contribution is -2.37. The quantitative estimate of drug-likeness (QED) is 0.454. The van der Waals surface area contributed by atoms with Crippen LogP contribution in [0.4, 0.5) is 0 Å². The topological polar surface area (TPSA) is 18.5 Å². The third-order valence-electron chi connectivity index (χ3n) is 2.04. The van der Waals surface area contributed by atoms with Crippen molar-refractivity contribution in [1.29, 1.82) is 0 Å². The normalized spacial score (nSPS) is 16.0. The predicted molar refractivity (Wildman–Crippen MR) is 54.6 cm³/mol. The largest absolute Gasteiger partial charge is 0.398 e. The Kier molecular flexibility index (Phi) is 6.71. The molecular formula is C9H22O2Si. The summed E-state index contributed by atoms with van der Waals surface area (Å²) in [6.07, 6.45) is 3.50. The second-order valence-corrected chi connectivity index (χ2v) is 6.75. The molecule has 0 amide bonds. The Morgan fingerprint density at radius 1 is 1.17 bits per heavy atom. The predicted octanol–water partition coefficient (Wildman–Crippen LogP) is 2.93. The molecule has 0 saturated heterocycles. The van der Waals surface area contributed by atoms with Gasteiger partial charge in [-0.1, -0.05) is 26.7 Å². The van der Waals surface area contributed by atoms with E-state index < -0.39 is 8.56 Å². The van der Waals surface area contributed by atoms with Crippen molar-refractivity contribution >= 4 is 8.56 Å². The van der Waals surface area contributed by atoms with Crippen LogP contribution in [0.5, 0.6) is 0 Å². The van der Waals surface area contributed by atoms with Gasteiger partial charge in [0.25, 0.3) is 0 Å². The lowest BCUT2D eigenvalue weighted by Gasteiger charge is -2.24. The molecule has 12 heavy (non-hydrogen) atoms. The highest BCUT2D eigenvalue weighted by atomic mass is 28.4. The van der Waals surface area contributed by atoms with Crippen molar-refractivity contribution in [3.8, 4) is 0 Å². The van der Waals surface area contributed by atoms with Crippen molar-refractivity contribution in [1.82, 2.24) is 0 Å². The first kappa shape index (κ1) is 12.1. The molecule has 0 aromatic rings. The van der Waals surface area contributed by atoms with E-state index in [2.05, 4.69) is 20.4 Å². The zero-order valence-corrected chi connectivity index (χ0v) is 9.85. The fourth-order valence-corrected chi connectivity index (χ4v) is 3.07. The minimum absolute atomic E-state index is 0.868. The van der Waals surface area contributed by atoms with Gasteiger partial charge >= 0.3 is 8.56 Å². The van der Waals surface area contributed by atoms with Crippen LogP contribution in [0.3, 0.4) is 0 Å². The molecule has 1 atom stereocenters. The third-order valence-corrected chi connectivity index (χ3v) is 5.13. The molecule has 74 valence electrons. The second-order valence-electron chi connectivity index (χ2n) is 3.29. The number of rotatable bonds is 7. The minimum Gasteiger partial charge on any atom is -0.398 e. The average Bonchev–Trinajstić information content (AvgIpc) is 2.06. The van der Waals surface area contributed by atoms with E-state index in [1.807, 2.05) is 0 Å². The standard InChI is InChI=1S/C9H22O2Si/c1-5-7-8-11-12(4,10-3)9-6-2/h5-9H2,1-4H3. The number of unbranched alkanes of at least 4 members (excludes halogenated alkanes) is 1. The van der Waals surface area contributed by atoms with Crippen LogP contribution >= 0.6 is 0 Å². The highest BCUT2D eigenvalue weighted by Gasteiger charge is 2.28. The van der Waals surface area contributed by atoms with E-state index in [1.165, 1.54) is 6.42 Å². The van der Waals surface area contributed by atoms with Crippen LogP contribution in [0.25, 0.3) is 0 Å². The lowest BCUT2D eigenvalue weighted by atomic mass is 10.4. The maximum atomic E-state index is 5.78. The molecule has 0 heterocycles. The zero-order valence-electron chi connectivity index (χ0n) is 8.85. The molecule has 0 aliphatic carbocycles. The van der Waals surface area contributed by atoms with Crippen LogP contribution in [0.15, 0.2) is 0 Å². The van der Waals surface area contributed by atoms with Crippen LogP contribution in [0.2, 0.25) is 12.6 Å². The Morgan fingerprint density at radius 3 is 2.25 bits per heavy atom. The SMILES string of the molecule is CCCCO[Si](C)(CCC)OC. The third kappa shape index (κ3) is 4.90. The van der Waals surface area contributed by atoms with Crippen LogP contribution in [0.1, 0.15) is 33.1 Å². The summed E-state index contributed by atoms with van der Waals surface area (Å²) in [5.74, 6) is 0. The number of hydrogen-bond acceptors (Lipinski definition) is 2. The van der Waals surface area contributed by atoms with Gasteiger partial charge in [-0.25, -0.2) is 0 Å². The highest BCUT2D eigenvalue weighted by Crippen LogP contribution is 2.14. The van der Waals surface area contributed by atoms with Crippen LogP contribution in [-0.2, 0) is 8.85 Å². The average molecular weight is 190 g/mol. The van der Waals surface area contributed by atoms with Gasteiger partial charge in [0.2, 0.25) is 0 Å². The molecule has 0 spiro atoms. The van der Waals surface area contributed by atoms with Gasteiger partial charge < -0.3 is 8.85 Å². The van der Waals surface area contributed by atoms with Gasteiger partial charge in [-0.2, -0.15) is 0 Å². The summed E-state index contributed by atoms with van der Waals surface area (Å²) < 4.78 is 11.2. The van der Waals surface area contributed by atoms with E-state index in [4.69, 9.17) is 8.85 Å². The monoisotopic (exact) mass is 190 g/mol. The summed E-state index contributed by atoms with van der Waals surface area (Å²) in [6.45, 7) is 7.36. The van der Waals surface area contributed by atoms with Crippen molar-refractivity contribution in [3.05, 3.63) is 0 Å². The van der Waals surface area contributed by atoms with Crippen molar-refractivity contribution in [2.75, 3.05) is 13.7 Å². The first-order valence-corrected chi connectivity index (χ1v) is 7.40. The fraction of sp³-hybridized carbons (Fsp3) is 1.00. The molecule has 0 rings (SSSR count). The number of hydrogen-bond donors (Lipinski definition) is 0. The molecule has 0 bridgehead atoms. The Labute approximate surface area is 77.5 Å². The smallest absolute Gasteiger partial charge is 0.334 e. The Balaban J connectivity index is 3.63. The van der Waals surface area contributed by atoms with Crippen molar-refractivity contribution in [2.24, 2.45) is 0 Å². The molecule has 0 aromatic heterocycles. The molecule has 0 saturated carbocycles. The van der Waals surface area contributed by atoms with E-state index in [0.29, 0.717) is 0 Å². The zero-order chi connectivity index (χ0) is 9.45. The molecule has 1 unspecified atom stereocenters. The molecule has 2 nitrogen and oxygen atoms in total. The Hall–Kier alpha value is 0.137. The molecular weight excluding hydrogens is 168 g/mol. The van der Waals surface area contributed by atoms with Crippen molar-refractivity contribution in [2.45, 2.75) is 45.7 Å². The maximum absolute atomic E-state index is 5.78. The molecule has 0 fully saturated rings. The second kappa shape index (κ2) is 6.63. The van der Waals surface area contributed by atoms with E-state index in [-0.39, 0.29) is 0 Å². The van der Waals surface area contributed by atoms with Gasteiger partial charge in [0, 0.05) is 13.7 Å². The first-order valence-electron chi connectivity index (χ1n) is 4.87. The molecule has 3 heteroatoms. The van der Waals surface area contributed by atoms with Gasteiger partial charge in [-0.15, -0.1) is 0 Å². The molecule has 0 aliphatic rings. The fourth-order valence-electron chi connectivity index (χ4n) is 1.12. The van der Waals surface area contributed by atoms with Crippen molar-refractivity contribution < 1.29 is 8.85 Å². The molecule has 0 aromatic carbocycles.